The molecule has 0 saturated carbocycles. The molecular formula is C64H71IN2P4. The van der Waals surface area contributed by atoms with E-state index in [4.69, 9.17) is 0 Å². The zero-order valence-corrected chi connectivity index (χ0v) is 47.3. The van der Waals surface area contributed by atoms with Crippen molar-refractivity contribution in [2.75, 3.05) is 13.1 Å². The average Bonchev–Trinajstić information content (AvgIpc) is 4.10. The summed E-state index contributed by atoms with van der Waals surface area (Å²) in [4.78, 5) is 0. The van der Waals surface area contributed by atoms with Crippen molar-refractivity contribution in [3.8, 4) is 0 Å². The molecule has 0 bridgehead atoms. The minimum absolute atomic E-state index is 0.186. The van der Waals surface area contributed by atoms with E-state index in [9.17, 15) is 0 Å². The Balaban J connectivity index is 0.000000159. The molecule has 2 saturated heterocycles. The number of hydrogen-bond donors (Lipinski definition) is 1. The third-order valence-corrected chi connectivity index (χ3v) is 27.9. The van der Waals surface area contributed by atoms with E-state index < -0.39 is 16.1 Å². The normalized spacial score (nSPS) is 17.9. The Labute approximate surface area is 445 Å². The molecule has 1 N–H and O–H groups in total. The topological polar surface area (TPSA) is 15.3 Å². The highest BCUT2D eigenvalue weighted by atomic mass is 127. The van der Waals surface area contributed by atoms with Crippen LogP contribution in [0.1, 0.15) is 110 Å². The minimum Gasteiger partial charge on any atom is -0.295 e. The van der Waals surface area contributed by atoms with Gasteiger partial charge in [0.1, 0.15) is 0 Å². The third kappa shape index (κ3) is 14.9. The van der Waals surface area contributed by atoms with Crippen LogP contribution >= 0.6 is 51.8 Å². The Hall–Kier alpha value is -3.87. The molecule has 2 aliphatic rings. The fourth-order valence-electron chi connectivity index (χ4n) is 9.97. The Kier molecular flexibility index (Phi) is 21.9. The number of hydrogen-bond acceptors (Lipinski definition) is 2. The summed E-state index contributed by atoms with van der Waals surface area (Å²) < 4.78 is 3.00. The summed E-state index contributed by atoms with van der Waals surface area (Å²) in [7, 11) is -1.22. The zero-order chi connectivity index (χ0) is 48.9. The maximum Gasteiger partial charge on any atom is 0.0318 e. The van der Waals surface area contributed by atoms with E-state index in [1.807, 2.05) is 0 Å². The van der Waals surface area contributed by atoms with Crippen molar-refractivity contribution < 1.29 is 0 Å². The van der Waals surface area contributed by atoms with E-state index >= 15 is 0 Å². The van der Waals surface area contributed by atoms with E-state index in [-0.39, 0.29) is 13.6 Å². The molecule has 0 unspecified atom stereocenters. The van der Waals surface area contributed by atoms with Crippen molar-refractivity contribution in [2.24, 2.45) is 0 Å². The molecule has 0 aromatic heterocycles. The summed E-state index contributed by atoms with van der Waals surface area (Å²) in [5.74, 6) is 0. The molecule has 0 aliphatic carbocycles. The van der Waals surface area contributed by atoms with Crippen molar-refractivity contribution in [2.45, 2.75) is 87.9 Å². The molecule has 0 amide bonds. The fourth-order valence-corrected chi connectivity index (χ4v) is 23.7. The summed E-state index contributed by atoms with van der Waals surface area (Å²) in [5.41, 5.74) is 8.51. The lowest BCUT2D eigenvalue weighted by molar-refractivity contribution is 0.632. The van der Waals surface area contributed by atoms with Gasteiger partial charge in [-0.05, 0) is 127 Å². The Morgan fingerprint density at radius 2 is 0.704 bits per heavy atom. The van der Waals surface area contributed by atoms with Crippen LogP contribution in [0, 0.1) is 0 Å². The molecule has 0 spiro atoms. The van der Waals surface area contributed by atoms with Crippen molar-refractivity contribution >= 4 is 73.0 Å². The second kappa shape index (κ2) is 29.1. The second-order valence-electron chi connectivity index (χ2n) is 18.3. The molecule has 364 valence electrons. The Morgan fingerprint density at radius 3 is 1.04 bits per heavy atom. The SMILES string of the molecule is CCCCN(P(c1ccccc1)c1ccccc1)P1[C@@H](c2ccccc2)CC[C@@H]1c1ccccc1.CCCCNP1[C@@H](c2ccccc2)CC[C@@H]1c1ccccc1.IP(c1ccccc1)c1ccccc1. The first kappa shape index (κ1) is 53.4. The lowest BCUT2D eigenvalue weighted by Crippen LogP contribution is -2.27. The van der Waals surface area contributed by atoms with Crippen LogP contribution < -0.4 is 26.3 Å². The van der Waals surface area contributed by atoms with Crippen LogP contribution in [0.15, 0.2) is 243 Å². The lowest BCUT2D eigenvalue weighted by atomic mass is 10.0. The van der Waals surface area contributed by atoms with Gasteiger partial charge in [0.05, 0.1) is 0 Å². The zero-order valence-electron chi connectivity index (χ0n) is 41.6. The maximum atomic E-state index is 3.94. The van der Waals surface area contributed by atoms with Crippen LogP contribution in [0.2, 0.25) is 0 Å². The van der Waals surface area contributed by atoms with Gasteiger partial charge in [-0.25, -0.2) is 0 Å². The summed E-state index contributed by atoms with van der Waals surface area (Å²) in [6.45, 7) is 6.92. The molecule has 8 aromatic carbocycles. The van der Waals surface area contributed by atoms with Gasteiger partial charge in [-0.2, -0.15) is 0 Å². The van der Waals surface area contributed by atoms with E-state index in [1.165, 1.54) is 94.8 Å². The number of unbranched alkanes of at least 4 members (excludes halogenated alkanes) is 2. The van der Waals surface area contributed by atoms with E-state index in [0.717, 1.165) is 13.1 Å². The van der Waals surface area contributed by atoms with Crippen molar-refractivity contribution in [1.82, 2.24) is 9.53 Å². The predicted octanol–water partition coefficient (Wildman–Crippen LogP) is 18.3. The highest BCUT2D eigenvalue weighted by molar-refractivity contribution is 14.2. The first-order chi connectivity index (χ1) is 35.1. The van der Waals surface area contributed by atoms with Crippen LogP contribution in [-0.2, 0) is 0 Å². The number of benzene rings is 8. The number of rotatable bonds is 17. The maximum absolute atomic E-state index is 3.94. The molecule has 2 aliphatic heterocycles. The summed E-state index contributed by atoms with van der Waals surface area (Å²) >= 11 is 2.54. The molecule has 2 heterocycles. The van der Waals surface area contributed by atoms with Gasteiger partial charge in [0.25, 0.3) is 0 Å². The lowest BCUT2D eigenvalue weighted by Gasteiger charge is -2.42. The molecule has 7 heteroatoms. The molecule has 10 rings (SSSR count). The number of nitrogens with zero attached hydrogens (tertiary/aromatic N) is 1. The minimum atomic E-state index is -0.609. The van der Waals surface area contributed by atoms with Gasteiger partial charge in [0.15, 0.2) is 0 Å². The molecule has 8 aromatic rings. The molecular weight excluding hydrogens is 1050 g/mol. The largest absolute Gasteiger partial charge is 0.295 e. The van der Waals surface area contributed by atoms with Crippen LogP contribution in [0.3, 0.4) is 0 Å². The highest BCUT2D eigenvalue weighted by Gasteiger charge is 2.44. The smallest absolute Gasteiger partial charge is 0.0318 e. The van der Waals surface area contributed by atoms with Gasteiger partial charge in [0, 0.05) is 42.8 Å². The summed E-state index contributed by atoms with van der Waals surface area (Å²) in [6, 6.07) is 88.9. The van der Waals surface area contributed by atoms with Gasteiger partial charge < -0.3 is 0 Å². The fraction of sp³-hybridized carbons (Fsp3) is 0.250. The van der Waals surface area contributed by atoms with Gasteiger partial charge in [-0.1, -0.05) is 269 Å². The van der Waals surface area contributed by atoms with Crippen molar-refractivity contribution in [3.05, 3.63) is 265 Å². The number of halogens is 1. The highest BCUT2D eigenvalue weighted by Crippen LogP contribution is 2.76. The Morgan fingerprint density at radius 1 is 0.408 bits per heavy atom. The predicted molar refractivity (Wildman–Crippen MR) is 326 cm³/mol. The second-order valence-corrected chi connectivity index (χ2v) is 30.1. The van der Waals surface area contributed by atoms with Gasteiger partial charge in [-0.15, -0.1) is 0 Å². The quantitative estimate of drug-likeness (QED) is 0.0555. The van der Waals surface area contributed by atoms with Crippen LogP contribution in [0.5, 0.6) is 0 Å². The van der Waals surface area contributed by atoms with Crippen molar-refractivity contribution in [3.63, 3.8) is 0 Å². The first-order valence-electron chi connectivity index (χ1n) is 25.9. The molecule has 71 heavy (non-hydrogen) atoms. The van der Waals surface area contributed by atoms with E-state index in [0.29, 0.717) is 22.6 Å². The summed E-state index contributed by atoms with van der Waals surface area (Å²) in [5, 5.41) is 9.74. The standard InChI is InChI=1S/C32H35NP2.C20H26NP.C12H10IP/c1-2-3-26-33(34(29-20-12-6-13-21-29)30-22-14-7-15-23-30)35-31(27-16-8-4-9-17-27)24-25-32(35)28-18-10-5-11-19-28;1-2-3-16-21-22-19(17-10-6-4-7-11-17)14-15-20(22)18-12-8-5-9-13-18;13-14(11-7-3-1-4-8-11)12-9-5-2-6-10-12/h4-23,31-32H,2-3,24-26H2,1H3;4-13,19-21H,2-3,14-16H2,1H3;1-10H/t31-,32-;19-,20-;/m11./s1. The van der Waals surface area contributed by atoms with Gasteiger partial charge >= 0.3 is 0 Å². The van der Waals surface area contributed by atoms with Crippen LogP contribution in [0.4, 0.5) is 0 Å². The monoisotopic (exact) mass is 1120 g/mol. The van der Waals surface area contributed by atoms with E-state index in [1.54, 1.807) is 0 Å². The molecule has 2 nitrogen and oxygen atoms in total. The van der Waals surface area contributed by atoms with Gasteiger partial charge in [-0.3, -0.25) is 9.53 Å². The van der Waals surface area contributed by atoms with Crippen LogP contribution in [-0.4, -0.2) is 17.5 Å². The first-order valence-corrected chi connectivity index (χ1v) is 34.2. The number of nitrogens with one attached hydrogen (secondary N) is 1. The molecule has 4 atom stereocenters. The van der Waals surface area contributed by atoms with Crippen LogP contribution in [0.25, 0.3) is 0 Å². The third-order valence-electron chi connectivity index (χ3n) is 13.5. The molecule has 2 fully saturated rings. The Bertz CT molecular complexity index is 2480. The average molecular weight is 1120 g/mol. The van der Waals surface area contributed by atoms with Gasteiger partial charge in [0.2, 0.25) is 0 Å². The van der Waals surface area contributed by atoms with Crippen molar-refractivity contribution in [1.29, 1.82) is 0 Å². The molecule has 0 radical (unpaired) electrons. The summed E-state index contributed by atoms with van der Waals surface area (Å²) in [6.07, 6.45) is 10.2. The van der Waals surface area contributed by atoms with E-state index in [2.05, 4.69) is 288 Å².